The van der Waals surface area contributed by atoms with Gasteiger partial charge in [0.05, 0.1) is 23.1 Å². The first-order valence-electron chi connectivity index (χ1n) is 10.2. The molecule has 0 N–H and O–H groups in total. The lowest BCUT2D eigenvalue weighted by Crippen LogP contribution is -2.25. The molecule has 37 heavy (non-hydrogen) atoms. The molecule has 0 spiro atoms. The van der Waals surface area contributed by atoms with Gasteiger partial charge in [-0.3, -0.25) is 4.79 Å². The van der Waals surface area contributed by atoms with Gasteiger partial charge in [0.1, 0.15) is 16.2 Å². The molecule has 0 aliphatic rings. The van der Waals surface area contributed by atoms with E-state index in [1.807, 2.05) is 0 Å². The minimum absolute atomic E-state index is 0.136. The summed E-state index contributed by atoms with van der Waals surface area (Å²) in [5, 5.41) is 3.48. The van der Waals surface area contributed by atoms with Crippen LogP contribution in [0.5, 0.6) is 0 Å². The Labute approximate surface area is 203 Å². The largest absolute Gasteiger partial charge is 0.419 e. The van der Waals surface area contributed by atoms with Gasteiger partial charge >= 0.3 is 12.4 Å². The summed E-state index contributed by atoms with van der Waals surface area (Å²) in [5.41, 5.74) is -4.59. The van der Waals surface area contributed by atoms with Crippen LogP contribution in [0, 0.1) is 5.82 Å². The first kappa shape index (κ1) is 26.2. The molecule has 0 saturated carbocycles. The molecule has 0 fully saturated rings. The summed E-state index contributed by atoms with van der Waals surface area (Å²) in [7, 11) is -4.18. The van der Waals surface area contributed by atoms with E-state index >= 15 is 0 Å². The van der Waals surface area contributed by atoms with E-state index in [9.17, 15) is 43.9 Å². The third-order valence-corrected chi connectivity index (χ3v) is 7.04. The maximum Gasteiger partial charge on any atom is 0.419 e. The number of rotatable bonds is 4. The van der Waals surface area contributed by atoms with Gasteiger partial charge in [-0.2, -0.15) is 36.1 Å². The van der Waals surface area contributed by atoms with Crippen LogP contribution in [0.15, 0.2) is 58.6 Å². The van der Waals surface area contributed by atoms with Gasteiger partial charge in [-0.1, -0.05) is 13.0 Å². The molecule has 0 amide bonds. The van der Waals surface area contributed by atoms with E-state index in [1.54, 1.807) is 0 Å². The maximum absolute atomic E-state index is 13.7. The predicted molar refractivity (Wildman–Crippen MR) is 116 cm³/mol. The Morgan fingerprint density at radius 2 is 1.59 bits per heavy atom. The van der Waals surface area contributed by atoms with Crippen LogP contribution in [0.1, 0.15) is 18.1 Å². The van der Waals surface area contributed by atoms with Crippen LogP contribution in [0.25, 0.3) is 27.8 Å². The van der Waals surface area contributed by atoms with Crippen LogP contribution in [-0.4, -0.2) is 33.9 Å². The summed E-state index contributed by atoms with van der Waals surface area (Å²) < 4.78 is 118. The molecule has 0 saturated heterocycles. The van der Waals surface area contributed by atoms with Crippen LogP contribution in [0.2, 0.25) is 0 Å². The molecule has 0 aliphatic heterocycles. The van der Waals surface area contributed by atoms with Gasteiger partial charge in [0.15, 0.2) is 15.7 Å². The highest BCUT2D eigenvalue weighted by Gasteiger charge is 2.35. The molecule has 0 atom stereocenters. The standard InChI is InChI=1S/C22H13F7N4O3S/c1-2-37(35,36)17-7-12(11-3-4-16(23)15(6-11)22(27,28)29)8-31-19(17)33-20(34)18-13(9-32-33)5-14(10-30-18)21(24,25)26/h3-10H,2H2,1H3. The van der Waals surface area contributed by atoms with E-state index in [2.05, 4.69) is 15.1 Å². The van der Waals surface area contributed by atoms with Crippen molar-refractivity contribution in [1.29, 1.82) is 0 Å². The topological polar surface area (TPSA) is 94.8 Å². The summed E-state index contributed by atoms with van der Waals surface area (Å²) >= 11 is 0. The lowest BCUT2D eigenvalue weighted by molar-refractivity contribution is -0.140. The second-order valence-corrected chi connectivity index (χ2v) is 9.91. The Hall–Kier alpha value is -3.88. The van der Waals surface area contributed by atoms with Crippen LogP contribution >= 0.6 is 0 Å². The second-order valence-electron chi connectivity index (χ2n) is 7.66. The van der Waals surface area contributed by atoms with E-state index < -0.39 is 66.7 Å². The number of fused-ring (bicyclic) bond motifs is 1. The van der Waals surface area contributed by atoms with Gasteiger partial charge in [-0.25, -0.2) is 22.8 Å². The predicted octanol–water partition coefficient (Wildman–Crippen LogP) is 4.81. The van der Waals surface area contributed by atoms with Gasteiger partial charge in [0, 0.05) is 23.3 Å². The van der Waals surface area contributed by atoms with Crippen molar-refractivity contribution in [1.82, 2.24) is 19.7 Å². The van der Waals surface area contributed by atoms with Crippen LogP contribution in [0.4, 0.5) is 30.7 Å². The van der Waals surface area contributed by atoms with Crippen LogP contribution < -0.4 is 5.56 Å². The highest BCUT2D eigenvalue weighted by Crippen LogP contribution is 2.35. The van der Waals surface area contributed by atoms with Gasteiger partial charge in [0.2, 0.25) is 0 Å². The summed E-state index contributed by atoms with van der Waals surface area (Å²) in [5.74, 6) is -2.58. The van der Waals surface area contributed by atoms with Gasteiger partial charge in [0.25, 0.3) is 5.56 Å². The van der Waals surface area contributed by atoms with E-state index in [4.69, 9.17) is 0 Å². The molecule has 194 valence electrons. The van der Waals surface area contributed by atoms with E-state index in [0.717, 1.165) is 24.5 Å². The molecular formula is C22H13F7N4O3S. The number of hydrogen-bond acceptors (Lipinski definition) is 6. The number of benzene rings is 1. The molecule has 4 aromatic rings. The molecule has 0 aliphatic carbocycles. The number of nitrogens with zero attached hydrogens (tertiary/aromatic N) is 4. The Balaban J connectivity index is 1.93. The Morgan fingerprint density at radius 3 is 2.22 bits per heavy atom. The van der Waals surface area contributed by atoms with Gasteiger partial charge in [-0.05, 0) is 29.8 Å². The van der Waals surface area contributed by atoms with E-state index in [0.29, 0.717) is 29.1 Å². The summed E-state index contributed by atoms with van der Waals surface area (Å²) in [6.07, 6.45) is -7.50. The van der Waals surface area contributed by atoms with Gasteiger partial charge < -0.3 is 0 Å². The van der Waals surface area contributed by atoms with Crippen molar-refractivity contribution in [2.24, 2.45) is 0 Å². The Morgan fingerprint density at radius 1 is 0.892 bits per heavy atom. The molecular weight excluding hydrogens is 533 g/mol. The third-order valence-electron chi connectivity index (χ3n) is 5.31. The Kier molecular flexibility index (Phi) is 6.30. The summed E-state index contributed by atoms with van der Waals surface area (Å²) in [6.45, 7) is 1.27. The number of hydrogen-bond donors (Lipinski definition) is 0. The lowest BCUT2D eigenvalue weighted by atomic mass is 10.0. The second kappa shape index (κ2) is 8.90. The third kappa shape index (κ3) is 4.90. The van der Waals surface area contributed by atoms with Crippen molar-refractivity contribution in [3.8, 4) is 16.9 Å². The highest BCUT2D eigenvalue weighted by atomic mass is 32.2. The molecule has 3 heterocycles. The average Bonchev–Trinajstić information content (AvgIpc) is 2.83. The number of aromatic nitrogens is 4. The normalized spacial score (nSPS) is 12.8. The van der Waals surface area contributed by atoms with Gasteiger partial charge in [-0.15, -0.1) is 0 Å². The lowest BCUT2D eigenvalue weighted by Gasteiger charge is -2.14. The SMILES string of the molecule is CCS(=O)(=O)c1cc(-c2ccc(F)c(C(F)(F)F)c2)cnc1-n1ncc2cc(C(F)(F)F)cnc2c1=O. The van der Waals surface area contributed by atoms with Crippen molar-refractivity contribution in [2.45, 2.75) is 24.2 Å². The molecule has 7 nitrogen and oxygen atoms in total. The number of alkyl halides is 6. The molecule has 0 unspecified atom stereocenters. The molecule has 3 aromatic heterocycles. The first-order chi connectivity index (χ1) is 17.1. The first-order valence-corrected chi connectivity index (χ1v) is 11.8. The molecule has 15 heteroatoms. The van der Waals surface area contributed by atoms with Crippen molar-refractivity contribution in [3.63, 3.8) is 0 Å². The van der Waals surface area contributed by atoms with E-state index in [-0.39, 0.29) is 16.5 Å². The minimum atomic E-state index is -5.02. The maximum atomic E-state index is 13.7. The highest BCUT2D eigenvalue weighted by molar-refractivity contribution is 7.91. The van der Waals surface area contributed by atoms with Crippen LogP contribution in [-0.2, 0) is 22.2 Å². The zero-order valence-electron chi connectivity index (χ0n) is 18.4. The van der Waals surface area contributed by atoms with Crippen LogP contribution in [0.3, 0.4) is 0 Å². The molecule has 0 radical (unpaired) electrons. The fourth-order valence-corrected chi connectivity index (χ4v) is 4.43. The number of pyridine rings is 2. The summed E-state index contributed by atoms with van der Waals surface area (Å²) in [4.78, 5) is 19.8. The molecule has 1 aromatic carbocycles. The fourth-order valence-electron chi connectivity index (χ4n) is 3.40. The number of halogens is 7. The van der Waals surface area contributed by atoms with Crippen molar-refractivity contribution < 1.29 is 39.2 Å². The zero-order chi connectivity index (χ0) is 27.3. The Bertz CT molecular complexity index is 1700. The quantitative estimate of drug-likeness (QED) is 0.341. The monoisotopic (exact) mass is 546 g/mol. The zero-order valence-corrected chi connectivity index (χ0v) is 19.2. The van der Waals surface area contributed by atoms with Crippen molar-refractivity contribution in [3.05, 3.63) is 76.2 Å². The molecule has 4 rings (SSSR count). The molecule has 0 bridgehead atoms. The van der Waals surface area contributed by atoms with Crippen molar-refractivity contribution in [2.75, 3.05) is 5.75 Å². The summed E-state index contributed by atoms with van der Waals surface area (Å²) in [6, 6.07) is 3.64. The average molecular weight is 546 g/mol. The smallest absolute Gasteiger partial charge is 0.265 e. The fraction of sp³-hybridized carbons (Fsp3) is 0.182. The van der Waals surface area contributed by atoms with Crippen molar-refractivity contribution >= 4 is 20.7 Å². The number of sulfone groups is 1. The van der Waals surface area contributed by atoms with E-state index in [1.165, 1.54) is 6.92 Å². The minimum Gasteiger partial charge on any atom is -0.265 e.